The summed E-state index contributed by atoms with van der Waals surface area (Å²) in [5.74, 6) is -0.790. The van der Waals surface area contributed by atoms with Crippen molar-refractivity contribution in [2.45, 2.75) is 32.0 Å². The molecule has 6 heteroatoms. The Labute approximate surface area is 141 Å². The second kappa shape index (κ2) is 7.32. The van der Waals surface area contributed by atoms with Gasteiger partial charge in [0.05, 0.1) is 11.7 Å². The molecule has 0 bridgehead atoms. The molecule has 2 heterocycles. The number of rotatable bonds is 5. The van der Waals surface area contributed by atoms with Crippen LogP contribution >= 0.6 is 0 Å². The number of hydrogen-bond donors (Lipinski definition) is 0. The van der Waals surface area contributed by atoms with Gasteiger partial charge in [0.25, 0.3) is 0 Å². The summed E-state index contributed by atoms with van der Waals surface area (Å²) in [6.45, 7) is 1.96. The van der Waals surface area contributed by atoms with Crippen LogP contribution in [0.5, 0.6) is 0 Å². The maximum atomic E-state index is 14.0. The topological polar surface area (TPSA) is 32.3 Å². The average molecular weight is 332 g/mol. The molecule has 0 aliphatic carbocycles. The van der Waals surface area contributed by atoms with Gasteiger partial charge in [0, 0.05) is 24.8 Å². The standard InChI is InChI=1S/C18H22F2N4/c1-23(2)12-14-8-9-21-18(22-14)16-7-4-10-24(16)11-13-5-3-6-15(19)17(13)20/h3,5-6,8-9,16H,4,7,10-12H2,1-2H3/t16-/m1/s1. The minimum absolute atomic E-state index is 0.0507. The van der Waals surface area contributed by atoms with E-state index >= 15 is 0 Å². The molecule has 1 saturated heterocycles. The van der Waals surface area contributed by atoms with Gasteiger partial charge in [0.15, 0.2) is 11.6 Å². The van der Waals surface area contributed by atoms with E-state index in [2.05, 4.69) is 19.8 Å². The molecule has 0 amide bonds. The molecular weight excluding hydrogens is 310 g/mol. The largest absolute Gasteiger partial charge is 0.304 e. The molecule has 0 N–H and O–H groups in total. The zero-order chi connectivity index (χ0) is 17.1. The Morgan fingerprint density at radius 3 is 2.88 bits per heavy atom. The molecule has 1 aliphatic rings. The first-order valence-electron chi connectivity index (χ1n) is 8.18. The summed E-state index contributed by atoms with van der Waals surface area (Å²) in [4.78, 5) is 13.3. The molecule has 1 fully saturated rings. The second-order valence-corrected chi connectivity index (χ2v) is 6.49. The van der Waals surface area contributed by atoms with Crippen molar-refractivity contribution in [1.29, 1.82) is 0 Å². The molecule has 1 aliphatic heterocycles. The van der Waals surface area contributed by atoms with Gasteiger partial charge in [-0.05, 0) is 45.6 Å². The smallest absolute Gasteiger partial charge is 0.163 e. The van der Waals surface area contributed by atoms with E-state index in [1.54, 1.807) is 18.3 Å². The van der Waals surface area contributed by atoms with E-state index in [4.69, 9.17) is 0 Å². The predicted molar refractivity (Wildman–Crippen MR) is 88.2 cm³/mol. The first-order valence-corrected chi connectivity index (χ1v) is 8.18. The fourth-order valence-electron chi connectivity index (χ4n) is 3.18. The van der Waals surface area contributed by atoms with Crippen molar-refractivity contribution in [3.63, 3.8) is 0 Å². The lowest BCUT2D eigenvalue weighted by Gasteiger charge is -2.24. The summed E-state index contributed by atoms with van der Waals surface area (Å²) < 4.78 is 27.4. The highest BCUT2D eigenvalue weighted by atomic mass is 19.2. The fourth-order valence-corrected chi connectivity index (χ4v) is 3.18. The van der Waals surface area contributed by atoms with Gasteiger partial charge >= 0.3 is 0 Å². The lowest BCUT2D eigenvalue weighted by atomic mass is 10.1. The van der Waals surface area contributed by atoms with Crippen molar-refractivity contribution in [1.82, 2.24) is 19.8 Å². The number of hydrogen-bond acceptors (Lipinski definition) is 4. The van der Waals surface area contributed by atoms with Gasteiger partial charge in [-0.25, -0.2) is 18.7 Å². The molecule has 4 nitrogen and oxygen atoms in total. The Balaban J connectivity index is 1.79. The van der Waals surface area contributed by atoms with Crippen LogP contribution in [0.3, 0.4) is 0 Å². The van der Waals surface area contributed by atoms with Gasteiger partial charge in [-0.2, -0.15) is 0 Å². The molecule has 1 atom stereocenters. The van der Waals surface area contributed by atoms with Crippen LogP contribution in [0, 0.1) is 11.6 Å². The molecule has 0 spiro atoms. The zero-order valence-corrected chi connectivity index (χ0v) is 14.0. The van der Waals surface area contributed by atoms with E-state index in [0.717, 1.165) is 43.5 Å². The van der Waals surface area contributed by atoms with E-state index in [1.165, 1.54) is 0 Å². The maximum Gasteiger partial charge on any atom is 0.163 e. The lowest BCUT2D eigenvalue weighted by Crippen LogP contribution is -2.25. The summed E-state index contributed by atoms with van der Waals surface area (Å²) in [6.07, 6.45) is 3.71. The van der Waals surface area contributed by atoms with E-state index in [9.17, 15) is 8.78 Å². The molecule has 1 aromatic carbocycles. The SMILES string of the molecule is CN(C)Cc1ccnc([C@H]2CCCN2Cc2cccc(F)c2F)n1. The van der Waals surface area contributed by atoms with Gasteiger partial charge in [-0.1, -0.05) is 12.1 Å². The normalized spacial score (nSPS) is 18.5. The molecule has 128 valence electrons. The molecule has 0 saturated carbocycles. The van der Waals surface area contributed by atoms with Crippen LogP contribution in [0.4, 0.5) is 8.78 Å². The number of aromatic nitrogens is 2. The highest BCUT2D eigenvalue weighted by molar-refractivity contribution is 5.19. The van der Waals surface area contributed by atoms with Crippen molar-refractivity contribution in [2.24, 2.45) is 0 Å². The summed E-state index contributed by atoms with van der Waals surface area (Å²) in [7, 11) is 3.99. The average Bonchev–Trinajstić information content (AvgIpc) is 3.00. The first kappa shape index (κ1) is 16.9. The minimum Gasteiger partial charge on any atom is -0.304 e. The molecule has 0 radical (unpaired) electrons. The van der Waals surface area contributed by atoms with Crippen molar-refractivity contribution in [3.8, 4) is 0 Å². The van der Waals surface area contributed by atoms with Crippen LogP contribution in [0.1, 0.15) is 36.0 Å². The Hall–Kier alpha value is -1.92. The number of likely N-dealkylation sites (tertiary alicyclic amines) is 1. The lowest BCUT2D eigenvalue weighted by molar-refractivity contribution is 0.235. The summed E-state index contributed by atoms with van der Waals surface area (Å²) in [6, 6.07) is 6.29. The second-order valence-electron chi connectivity index (χ2n) is 6.49. The Kier molecular flexibility index (Phi) is 5.16. The minimum atomic E-state index is -0.799. The first-order chi connectivity index (χ1) is 11.5. The Morgan fingerprint density at radius 2 is 2.08 bits per heavy atom. The third-order valence-electron chi connectivity index (χ3n) is 4.28. The Morgan fingerprint density at radius 1 is 1.25 bits per heavy atom. The summed E-state index contributed by atoms with van der Waals surface area (Å²) in [5.41, 5.74) is 1.35. The summed E-state index contributed by atoms with van der Waals surface area (Å²) >= 11 is 0. The third-order valence-corrected chi connectivity index (χ3v) is 4.28. The summed E-state index contributed by atoms with van der Waals surface area (Å²) in [5, 5.41) is 0. The monoisotopic (exact) mass is 332 g/mol. The maximum absolute atomic E-state index is 14.0. The van der Waals surface area contributed by atoms with Crippen LogP contribution in [0.25, 0.3) is 0 Å². The Bertz CT molecular complexity index is 705. The van der Waals surface area contributed by atoms with Gasteiger partial charge in [-0.15, -0.1) is 0 Å². The van der Waals surface area contributed by atoms with Gasteiger partial charge in [0.2, 0.25) is 0 Å². The highest BCUT2D eigenvalue weighted by Gasteiger charge is 2.29. The molecular formula is C18H22F2N4. The van der Waals surface area contributed by atoms with E-state index < -0.39 is 11.6 Å². The molecule has 24 heavy (non-hydrogen) atoms. The van der Waals surface area contributed by atoms with Crippen LogP contribution < -0.4 is 0 Å². The predicted octanol–water partition coefficient (Wildman–Crippen LogP) is 3.15. The van der Waals surface area contributed by atoms with Gasteiger partial charge in [0.1, 0.15) is 5.82 Å². The van der Waals surface area contributed by atoms with Crippen molar-refractivity contribution in [3.05, 3.63) is 59.2 Å². The molecule has 0 unspecified atom stereocenters. The molecule has 3 rings (SSSR count). The van der Waals surface area contributed by atoms with Crippen LogP contribution in [0.2, 0.25) is 0 Å². The molecule has 1 aromatic heterocycles. The van der Waals surface area contributed by atoms with Crippen molar-refractivity contribution >= 4 is 0 Å². The van der Waals surface area contributed by atoms with E-state index in [0.29, 0.717) is 12.1 Å². The number of halogens is 2. The van der Waals surface area contributed by atoms with Crippen molar-refractivity contribution in [2.75, 3.05) is 20.6 Å². The quantitative estimate of drug-likeness (QED) is 0.842. The number of nitrogens with zero attached hydrogens (tertiary/aromatic N) is 4. The third kappa shape index (κ3) is 3.76. The zero-order valence-electron chi connectivity index (χ0n) is 14.0. The van der Waals surface area contributed by atoms with Gasteiger partial charge < -0.3 is 4.90 Å². The van der Waals surface area contributed by atoms with Crippen LogP contribution in [-0.2, 0) is 13.1 Å². The highest BCUT2D eigenvalue weighted by Crippen LogP contribution is 2.31. The fraction of sp³-hybridized carbons (Fsp3) is 0.444. The van der Waals surface area contributed by atoms with E-state index in [1.807, 2.05) is 20.2 Å². The van der Waals surface area contributed by atoms with Gasteiger partial charge in [-0.3, -0.25) is 4.90 Å². The molecule has 2 aromatic rings. The van der Waals surface area contributed by atoms with Crippen LogP contribution in [-0.4, -0.2) is 40.4 Å². The van der Waals surface area contributed by atoms with Crippen molar-refractivity contribution < 1.29 is 8.78 Å². The number of benzene rings is 1. The van der Waals surface area contributed by atoms with Crippen LogP contribution in [0.15, 0.2) is 30.5 Å². The van der Waals surface area contributed by atoms with E-state index in [-0.39, 0.29) is 6.04 Å².